The van der Waals surface area contributed by atoms with Crippen molar-refractivity contribution in [2.75, 3.05) is 6.54 Å². The number of hydrogen-bond acceptors (Lipinski definition) is 4. The first-order valence-corrected chi connectivity index (χ1v) is 8.30. The third-order valence-corrected chi connectivity index (χ3v) is 4.33. The van der Waals surface area contributed by atoms with Gasteiger partial charge in [0, 0.05) is 11.8 Å². The van der Waals surface area contributed by atoms with E-state index in [0.717, 1.165) is 10.6 Å². The Labute approximate surface area is 147 Å². The highest BCUT2D eigenvalue weighted by atomic mass is 35.5. The maximum Gasteiger partial charge on any atom is 0.271 e. The summed E-state index contributed by atoms with van der Waals surface area (Å²) < 4.78 is 0. The standard InChI is InChI=1S/C17H23N3OS.ClH/c1-17(2,3)15(12-7-5-4-6-8-12)20-16(21)13-11-22-14(19-13)9-10-18;/h4-8,11,15H,9-10,18H2,1-3H3,(H,20,21);1H. The predicted molar refractivity (Wildman–Crippen MR) is 98.2 cm³/mol. The lowest BCUT2D eigenvalue weighted by atomic mass is 9.82. The summed E-state index contributed by atoms with van der Waals surface area (Å²) in [7, 11) is 0. The van der Waals surface area contributed by atoms with E-state index >= 15 is 0 Å². The van der Waals surface area contributed by atoms with Crippen LogP contribution < -0.4 is 11.1 Å². The quantitative estimate of drug-likeness (QED) is 0.863. The molecule has 2 aromatic rings. The van der Waals surface area contributed by atoms with E-state index in [1.54, 1.807) is 5.38 Å². The molecule has 0 fully saturated rings. The van der Waals surface area contributed by atoms with Crippen LogP contribution in [-0.4, -0.2) is 17.4 Å². The van der Waals surface area contributed by atoms with Gasteiger partial charge in [-0.05, 0) is 17.5 Å². The molecule has 126 valence electrons. The van der Waals surface area contributed by atoms with Crippen molar-refractivity contribution in [1.82, 2.24) is 10.3 Å². The molecule has 0 saturated carbocycles. The summed E-state index contributed by atoms with van der Waals surface area (Å²) in [6.07, 6.45) is 0.708. The molecule has 0 saturated heterocycles. The van der Waals surface area contributed by atoms with Crippen LogP contribution in [0.25, 0.3) is 0 Å². The fraction of sp³-hybridized carbons (Fsp3) is 0.412. The molecule has 0 radical (unpaired) electrons. The number of nitrogens with two attached hydrogens (primary N) is 1. The van der Waals surface area contributed by atoms with Crippen LogP contribution in [0.3, 0.4) is 0 Å². The van der Waals surface area contributed by atoms with Crippen LogP contribution in [-0.2, 0) is 6.42 Å². The zero-order chi connectivity index (χ0) is 16.2. The molecule has 1 aromatic carbocycles. The summed E-state index contributed by atoms with van der Waals surface area (Å²) >= 11 is 1.48. The number of thiazole rings is 1. The number of nitrogens with one attached hydrogen (secondary N) is 1. The third-order valence-electron chi connectivity index (χ3n) is 3.42. The van der Waals surface area contributed by atoms with Gasteiger partial charge in [-0.25, -0.2) is 4.98 Å². The highest BCUT2D eigenvalue weighted by molar-refractivity contribution is 7.09. The summed E-state index contributed by atoms with van der Waals surface area (Å²) in [5.41, 5.74) is 7.00. The Hall–Kier alpha value is -1.43. The van der Waals surface area contributed by atoms with Crippen molar-refractivity contribution in [3.8, 4) is 0 Å². The fourth-order valence-corrected chi connectivity index (χ4v) is 3.10. The van der Waals surface area contributed by atoms with E-state index in [2.05, 4.69) is 31.1 Å². The normalized spacial score (nSPS) is 12.3. The van der Waals surface area contributed by atoms with Gasteiger partial charge in [-0.3, -0.25) is 4.79 Å². The molecule has 1 atom stereocenters. The van der Waals surface area contributed by atoms with Crippen molar-refractivity contribution in [3.05, 3.63) is 52.0 Å². The zero-order valence-corrected chi connectivity index (χ0v) is 15.3. The maximum absolute atomic E-state index is 12.5. The Morgan fingerprint density at radius 2 is 1.96 bits per heavy atom. The lowest BCUT2D eigenvalue weighted by Crippen LogP contribution is -2.36. The number of rotatable bonds is 5. The van der Waals surface area contributed by atoms with Gasteiger partial charge in [0.1, 0.15) is 5.69 Å². The molecule has 0 bridgehead atoms. The van der Waals surface area contributed by atoms with Gasteiger partial charge in [0.25, 0.3) is 5.91 Å². The summed E-state index contributed by atoms with van der Waals surface area (Å²) in [5, 5.41) is 5.82. The summed E-state index contributed by atoms with van der Waals surface area (Å²) in [6.45, 7) is 6.90. The minimum Gasteiger partial charge on any atom is -0.343 e. The van der Waals surface area contributed by atoms with Crippen LogP contribution in [0, 0.1) is 5.41 Å². The van der Waals surface area contributed by atoms with Crippen molar-refractivity contribution in [2.45, 2.75) is 33.2 Å². The Morgan fingerprint density at radius 3 is 2.52 bits per heavy atom. The van der Waals surface area contributed by atoms with Gasteiger partial charge < -0.3 is 11.1 Å². The number of carbonyl (C=O) groups excluding carboxylic acids is 1. The van der Waals surface area contributed by atoms with Crippen molar-refractivity contribution >= 4 is 29.7 Å². The molecule has 4 nitrogen and oxygen atoms in total. The Bertz CT molecular complexity index is 622. The lowest BCUT2D eigenvalue weighted by Gasteiger charge is -2.31. The molecular weight excluding hydrogens is 330 g/mol. The average Bonchev–Trinajstić information content (AvgIpc) is 2.93. The number of halogens is 1. The molecule has 3 N–H and O–H groups in total. The van der Waals surface area contributed by atoms with Gasteiger partial charge in [0.2, 0.25) is 0 Å². The minimum absolute atomic E-state index is 0. The Balaban J connectivity index is 0.00000264. The molecule has 0 spiro atoms. The number of nitrogens with zero attached hydrogens (tertiary/aromatic N) is 1. The van der Waals surface area contributed by atoms with E-state index in [9.17, 15) is 4.79 Å². The summed E-state index contributed by atoms with van der Waals surface area (Å²) in [5.74, 6) is -0.136. The number of amides is 1. The third kappa shape index (κ3) is 5.30. The first kappa shape index (κ1) is 19.6. The Morgan fingerprint density at radius 1 is 1.30 bits per heavy atom. The second-order valence-corrected chi connectivity index (χ2v) is 7.29. The molecule has 1 heterocycles. The largest absolute Gasteiger partial charge is 0.343 e. The number of aromatic nitrogens is 1. The van der Waals surface area contributed by atoms with Crippen LogP contribution >= 0.6 is 23.7 Å². The van der Waals surface area contributed by atoms with Crippen LogP contribution in [0.2, 0.25) is 0 Å². The van der Waals surface area contributed by atoms with Gasteiger partial charge in [-0.1, -0.05) is 51.1 Å². The highest BCUT2D eigenvalue weighted by Gasteiger charge is 2.28. The molecule has 1 unspecified atom stereocenters. The number of benzene rings is 1. The number of hydrogen-bond donors (Lipinski definition) is 2. The smallest absolute Gasteiger partial charge is 0.271 e. The summed E-state index contributed by atoms with van der Waals surface area (Å²) in [6, 6.07) is 9.96. The highest BCUT2D eigenvalue weighted by Crippen LogP contribution is 2.32. The SMILES string of the molecule is CC(C)(C)C(NC(=O)c1csc(CCN)n1)c1ccccc1.Cl. The van der Waals surface area contributed by atoms with Crippen molar-refractivity contribution in [3.63, 3.8) is 0 Å². The second-order valence-electron chi connectivity index (χ2n) is 6.35. The fourth-order valence-electron chi connectivity index (χ4n) is 2.30. The molecule has 1 aromatic heterocycles. The molecule has 23 heavy (non-hydrogen) atoms. The molecule has 0 aliphatic carbocycles. The van der Waals surface area contributed by atoms with Crippen molar-refractivity contribution < 1.29 is 4.79 Å². The van der Waals surface area contributed by atoms with E-state index in [0.29, 0.717) is 18.7 Å². The van der Waals surface area contributed by atoms with Crippen LogP contribution in [0.15, 0.2) is 35.7 Å². The van der Waals surface area contributed by atoms with E-state index in [-0.39, 0.29) is 29.8 Å². The second kappa shape index (κ2) is 8.43. The lowest BCUT2D eigenvalue weighted by molar-refractivity contribution is 0.0897. The molecular formula is C17H24ClN3OS. The van der Waals surface area contributed by atoms with Crippen molar-refractivity contribution in [2.24, 2.45) is 11.1 Å². The molecule has 1 amide bonds. The average molecular weight is 354 g/mol. The monoisotopic (exact) mass is 353 g/mol. The van der Waals surface area contributed by atoms with E-state index in [1.165, 1.54) is 11.3 Å². The molecule has 0 aliphatic heterocycles. The first-order valence-electron chi connectivity index (χ1n) is 7.42. The van der Waals surface area contributed by atoms with E-state index in [4.69, 9.17) is 5.73 Å². The Kier molecular flexibility index (Phi) is 7.19. The van der Waals surface area contributed by atoms with Gasteiger partial charge in [-0.15, -0.1) is 23.7 Å². The van der Waals surface area contributed by atoms with Crippen LogP contribution in [0.5, 0.6) is 0 Å². The molecule has 6 heteroatoms. The molecule has 2 rings (SSSR count). The van der Waals surface area contributed by atoms with Gasteiger partial charge in [0.15, 0.2) is 0 Å². The maximum atomic E-state index is 12.5. The number of carbonyl (C=O) groups is 1. The zero-order valence-electron chi connectivity index (χ0n) is 13.7. The van der Waals surface area contributed by atoms with Gasteiger partial charge >= 0.3 is 0 Å². The molecule has 0 aliphatic rings. The van der Waals surface area contributed by atoms with Crippen LogP contribution in [0.1, 0.15) is 47.9 Å². The minimum atomic E-state index is -0.136. The van der Waals surface area contributed by atoms with E-state index in [1.807, 2.05) is 30.3 Å². The topological polar surface area (TPSA) is 68.0 Å². The predicted octanol–water partition coefficient (Wildman–Crippen LogP) is 3.58. The van der Waals surface area contributed by atoms with Gasteiger partial charge in [-0.2, -0.15) is 0 Å². The van der Waals surface area contributed by atoms with Crippen LogP contribution in [0.4, 0.5) is 0 Å². The van der Waals surface area contributed by atoms with Crippen molar-refractivity contribution in [1.29, 1.82) is 0 Å². The van der Waals surface area contributed by atoms with Gasteiger partial charge in [0.05, 0.1) is 11.0 Å². The summed E-state index contributed by atoms with van der Waals surface area (Å²) in [4.78, 5) is 16.8. The van der Waals surface area contributed by atoms with E-state index < -0.39 is 0 Å². The first-order chi connectivity index (χ1) is 10.4.